The number of amides is 2. The molecule has 0 aliphatic heterocycles. The summed E-state index contributed by atoms with van der Waals surface area (Å²) in [5.41, 5.74) is 0.631. The van der Waals surface area contributed by atoms with Crippen LogP contribution in [-0.2, 0) is 6.54 Å². The molecule has 0 atom stereocenters. The van der Waals surface area contributed by atoms with Crippen LogP contribution >= 0.6 is 0 Å². The summed E-state index contributed by atoms with van der Waals surface area (Å²) in [6.07, 6.45) is 0. The van der Waals surface area contributed by atoms with Crippen molar-refractivity contribution in [3.63, 3.8) is 0 Å². The molecule has 1 aromatic heterocycles. The number of nitrogens with zero attached hydrogens (tertiary/aromatic N) is 2. The van der Waals surface area contributed by atoms with Gasteiger partial charge < -0.3 is 10.6 Å². The van der Waals surface area contributed by atoms with E-state index in [9.17, 15) is 14.4 Å². The van der Waals surface area contributed by atoms with Gasteiger partial charge in [0, 0.05) is 19.0 Å². The van der Waals surface area contributed by atoms with Crippen LogP contribution in [0.25, 0.3) is 10.8 Å². The van der Waals surface area contributed by atoms with Gasteiger partial charge in [-0.2, -0.15) is 5.10 Å². The Morgan fingerprint density at radius 2 is 1.64 bits per heavy atom. The molecule has 1 heterocycles. The lowest BCUT2D eigenvalue weighted by molar-refractivity contribution is 0.0964. The number of nitrogens with one attached hydrogen (secondary N) is 2. The smallest absolute Gasteiger partial charge is 0.276 e. The highest BCUT2D eigenvalue weighted by Crippen LogP contribution is 2.19. The maximum absolute atomic E-state index is 13.0. The van der Waals surface area contributed by atoms with Gasteiger partial charge in [0.1, 0.15) is 0 Å². The predicted molar refractivity (Wildman–Crippen MR) is 109 cm³/mol. The molecular weight excluding hydrogens is 356 g/mol. The Labute approximate surface area is 162 Å². The van der Waals surface area contributed by atoms with Crippen molar-refractivity contribution in [3.05, 3.63) is 70.1 Å². The van der Waals surface area contributed by atoms with Gasteiger partial charge >= 0.3 is 0 Å². The topological polar surface area (TPSA) is 93.1 Å². The van der Waals surface area contributed by atoms with E-state index in [2.05, 4.69) is 15.7 Å². The lowest BCUT2D eigenvalue weighted by Gasteiger charge is -2.14. The average Bonchev–Trinajstić information content (AvgIpc) is 2.69. The highest BCUT2D eigenvalue weighted by Gasteiger charge is 2.19. The highest BCUT2D eigenvalue weighted by atomic mass is 16.2. The van der Waals surface area contributed by atoms with Gasteiger partial charge in [0.25, 0.3) is 17.4 Å². The molecule has 3 rings (SSSR count). The van der Waals surface area contributed by atoms with E-state index in [0.29, 0.717) is 28.6 Å². The molecule has 0 aliphatic carbocycles. The third-order valence-electron chi connectivity index (χ3n) is 4.27. The molecule has 2 aromatic carbocycles. The van der Waals surface area contributed by atoms with Crippen molar-refractivity contribution in [2.45, 2.75) is 20.4 Å². The predicted octanol–water partition coefficient (Wildman–Crippen LogP) is 2.66. The van der Waals surface area contributed by atoms with Crippen LogP contribution in [0.3, 0.4) is 0 Å². The molecule has 0 saturated carbocycles. The molecule has 3 aromatic rings. The maximum Gasteiger partial charge on any atom is 0.276 e. The lowest BCUT2D eigenvalue weighted by atomic mass is 10.1. The number of para-hydroxylation sites is 1. The number of anilines is 1. The molecule has 0 saturated heterocycles. The second kappa shape index (κ2) is 8.04. The number of hydrogen-bond acceptors (Lipinski definition) is 4. The zero-order valence-corrected chi connectivity index (χ0v) is 16.0. The van der Waals surface area contributed by atoms with Gasteiger partial charge in [-0.05, 0) is 24.1 Å². The number of aromatic nitrogens is 2. The van der Waals surface area contributed by atoms with Crippen LogP contribution < -0.4 is 16.2 Å². The summed E-state index contributed by atoms with van der Waals surface area (Å²) in [6.45, 7) is 4.35. The van der Waals surface area contributed by atoms with Crippen LogP contribution in [0.5, 0.6) is 0 Å². The van der Waals surface area contributed by atoms with E-state index in [1.165, 1.54) is 11.7 Å². The largest absolute Gasteiger partial charge is 0.355 e. The second-order valence-corrected chi connectivity index (χ2v) is 6.85. The molecular formula is C21H22N4O3. The number of carbonyl (C=O) groups excluding carboxylic acids is 2. The van der Waals surface area contributed by atoms with Crippen LogP contribution in [-0.4, -0.2) is 28.6 Å². The van der Waals surface area contributed by atoms with E-state index in [0.717, 1.165) is 0 Å². The van der Waals surface area contributed by atoms with Crippen molar-refractivity contribution in [2.24, 2.45) is 5.92 Å². The van der Waals surface area contributed by atoms with Gasteiger partial charge in [-0.3, -0.25) is 14.4 Å². The summed E-state index contributed by atoms with van der Waals surface area (Å²) in [5.74, 6) is -0.597. The molecule has 0 unspecified atom stereocenters. The summed E-state index contributed by atoms with van der Waals surface area (Å²) >= 11 is 0. The third-order valence-corrected chi connectivity index (χ3v) is 4.27. The fourth-order valence-electron chi connectivity index (χ4n) is 2.98. The number of benzene rings is 2. The highest BCUT2D eigenvalue weighted by molar-refractivity contribution is 6.13. The molecule has 28 heavy (non-hydrogen) atoms. The minimum atomic E-state index is -0.481. The summed E-state index contributed by atoms with van der Waals surface area (Å²) in [5, 5.41) is 10.5. The molecule has 144 valence electrons. The van der Waals surface area contributed by atoms with E-state index in [4.69, 9.17) is 0 Å². The fourth-order valence-corrected chi connectivity index (χ4v) is 2.98. The van der Waals surface area contributed by atoms with Gasteiger partial charge in [0.15, 0.2) is 5.69 Å². The fraction of sp³-hybridized carbons (Fsp3) is 0.238. The summed E-state index contributed by atoms with van der Waals surface area (Å²) in [6, 6.07) is 13.6. The maximum atomic E-state index is 13.0. The van der Waals surface area contributed by atoms with E-state index < -0.39 is 5.91 Å². The van der Waals surface area contributed by atoms with Crippen molar-refractivity contribution >= 4 is 28.3 Å². The third kappa shape index (κ3) is 3.78. The summed E-state index contributed by atoms with van der Waals surface area (Å²) in [4.78, 5) is 37.8. The number of fused-ring (bicyclic) bond motifs is 1. The monoisotopic (exact) mass is 378 g/mol. The van der Waals surface area contributed by atoms with Crippen LogP contribution in [0.2, 0.25) is 0 Å². The molecule has 7 heteroatoms. The molecule has 0 radical (unpaired) electrons. The first kappa shape index (κ1) is 19.3. The number of carbonyl (C=O) groups is 2. The Kier molecular flexibility index (Phi) is 5.54. The minimum absolute atomic E-state index is 0.141. The summed E-state index contributed by atoms with van der Waals surface area (Å²) < 4.78 is 1.33. The standard InChI is InChI=1S/C21H22N4O3/c1-13(2)12-25-21(28)15-9-5-4-8-14(15)18(24-25)20(27)23-17-11-7-6-10-16(17)19(26)22-3/h4-11,13H,12H2,1-3H3,(H,22,26)(H,23,27). The first-order valence-electron chi connectivity index (χ1n) is 9.04. The molecule has 7 nitrogen and oxygen atoms in total. The summed E-state index contributed by atoms with van der Waals surface area (Å²) in [7, 11) is 1.53. The van der Waals surface area contributed by atoms with Crippen molar-refractivity contribution in [1.29, 1.82) is 0 Å². The van der Waals surface area contributed by atoms with E-state index >= 15 is 0 Å². The van der Waals surface area contributed by atoms with E-state index in [1.54, 1.807) is 48.5 Å². The Morgan fingerprint density at radius 3 is 2.32 bits per heavy atom. The number of rotatable bonds is 5. The molecule has 0 aliphatic rings. The molecule has 0 bridgehead atoms. The van der Waals surface area contributed by atoms with Crippen LogP contribution in [0, 0.1) is 5.92 Å². The van der Waals surface area contributed by atoms with Gasteiger partial charge in [-0.25, -0.2) is 4.68 Å². The molecule has 2 N–H and O–H groups in total. The van der Waals surface area contributed by atoms with E-state index in [1.807, 2.05) is 13.8 Å². The Morgan fingerprint density at radius 1 is 1.00 bits per heavy atom. The van der Waals surface area contributed by atoms with Crippen molar-refractivity contribution in [3.8, 4) is 0 Å². The zero-order valence-electron chi connectivity index (χ0n) is 16.0. The Balaban J connectivity index is 2.09. The molecule has 2 amide bonds. The second-order valence-electron chi connectivity index (χ2n) is 6.85. The van der Waals surface area contributed by atoms with Gasteiger partial charge in [-0.1, -0.05) is 44.2 Å². The van der Waals surface area contributed by atoms with Gasteiger partial charge in [0.2, 0.25) is 0 Å². The van der Waals surface area contributed by atoms with Gasteiger partial charge in [-0.15, -0.1) is 0 Å². The normalized spacial score (nSPS) is 10.9. The van der Waals surface area contributed by atoms with Gasteiger partial charge in [0.05, 0.1) is 16.6 Å². The minimum Gasteiger partial charge on any atom is -0.355 e. The van der Waals surface area contributed by atoms with Crippen molar-refractivity contribution < 1.29 is 9.59 Å². The Hall–Kier alpha value is -3.48. The van der Waals surface area contributed by atoms with Crippen LogP contribution in [0.4, 0.5) is 5.69 Å². The van der Waals surface area contributed by atoms with Crippen molar-refractivity contribution in [1.82, 2.24) is 15.1 Å². The molecule has 0 fully saturated rings. The zero-order chi connectivity index (χ0) is 20.3. The first-order chi connectivity index (χ1) is 13.4. The van der Waals surface area contributed by atoms with Crippen LogP contribution in [0.1, 0.15) is 34.7 Å². The van der Waals surface area contributed by atoms with Crippen LogP contribution in [0.15, 0.2) is 53.3 Å². The lowest BCUT2D eigenvalue weighted by Crippen LogP contribution is -2.29. The SMILES string of the molecule is CNC(=O)c1ccccc1NC(=O)c1nn(CC(C)C)c(=O)c2ccccc12. The quantitative estimate of drug-likeness (QED) is 0.714. The number of hydrogen-bond donors (Lipinski definition) is 2. The average molecular weight is 378 g/mol. The molecule has 0 spiro atoms. The first-order valence-corrected chi connectivity index (χ1v) is 9.04. The van der Waals surface area contributed by atoms with Crippen molar-refractivity contribution in [2.75, 3.05) is 12.4 Å². The Bertz CT molecular complexity index is 1100. The van der Waals surface area contributed by atoms with E-state index in [-0.39, 0.29) is 23.1 Å².